The van der Waals surface area contributed by atoms with Gasteiger partial charge in [-0.25, -0.2) is 18.4 Å². The number of aryl methyl sites for hydroxylation is 3. The quantitative estimate of drug-likeness (QED) is 0.0903. The van der Waals surface area contributed by atoms with Crippen molar-refractivity contribution in [2.75, 3.05) is 26.2 Å². The first kappa shape index (κ1) is 46.6. The van der Waals surface area contributed by atoms with E-state index in [1.807, 2.05) is 51.1 Å². The normalized spacial score (nSPS) is 12.4. The monoisotopic (exact) mass is 840 g/mol. The lowest BCUT2D eigenvalue weighted by atomic mass is 10.0. The van der Waals surface area contributed by atoms with E-state index in [-0.39, 0.29) is 43.2 Å². The van der Waals surface area contributed by atoms with Gasteiger partial charge in [0.25, 0.3) is 5.56 Å². The third-order valence-corrected chi connectivity index (χ3v) is 9.77. The number of likely N-dealkylation sites (N-methyl/N-ethyl adjacent to an activating group) is 1. The molecule has 0 fully saturated rings. The zero-order valence-electron chi connectivity index (χ0n) is 33.0. The van der Waals surface area contributed by atoms with E-state index in [1.165, 1.54) is 24.3 Å². The summed E-state index contributed by atoms with van der Waals surface area (Å²) in [6, 6.07) is 21.5. The van der Waals surface area contributed by atoms with E-state index in [1.54, 1.807) is 21.6 Å². The van der Waals surface area contributed by atoms with Gasteiger partial charge < -0.3 is 34.8 Å². The number of aliphatic hydroxyl groups excluding tert-OH is 2. The predicted molar refractivity (Wildman–Crippen MR) is 212 cm³/mol. The van der Waals surface area contributed by atoms with Crippen LogP contribution in [0.1, 0.15) is 41.9 Å². The van der Waals surface area contributed by atoms with Crippen LogP contribution in [0.25, 0.3) is 22.0 Å². The van der Waals surface area contributed by atoms with E-state index in [4.69, 9.17) is 20.4 Å². The lowest BCUT2D eigenvalue weighted by molar-refractivity contribution is -0.165. The first-order valence-corrected chi connectivity index (χ1v) is 18.9. The largest absolute Gasteiger partial charge is 0.479 e. The topological polar surface area (TPSA) is 174 Å². The number of aromatic nitrogens is 2. The highest BCUT2D eigenvalue weighted by atomic mass is 19.4. The van der Waals surface area contributed by atoms with Gasteiger partial charge in [0.1, 0.15) is 12.4 Å². The zero-order valence-corrected chi connectivity index (χ0v) is 33.0. The number of aliphatic hydroxyl groups is 2. The number of nitrogens with zero attached hydrogens (tertiary/aromatic N) is 4. The van der Waals surface area contributed by atoms with Gasteiger partial charge in [0.2, 0.25) is 5.91 Å². The number of rotatable bonds is 16. The number of carboxylic acid groups (broad SMARTS) is 2. The first-order chi connectivity index (χ1) is 28.3. The van der Waals surface area contributed by atoms with Crippen LogP contribution in [0.5, 0.6) is 0 Å². The van der Waals surface area contributed by atoms with E-state index in [0.717, 1.165) is 48.0 Å². The van der Waals surface area contributed by atoms with Crippen LogP contribution in [0.4, 0.5) is 22.0 Å². The van der Waals surface area contributed by atoms with Crippen molar-refractivity contribution in [2.24, 2.45) is 0 Å². The number of fused-ring (bicyclic) bond motifs is 1. The molecule has 0 radical (unpaired) electrons. The summed E-state index contributed by atoms with van der Waals surface area (Å²) in [5.41, 5.74) is 2.56. The highest BCUT2D eigenvalue weighted by Gasteiger charge is 2.30. The molecule has 0 saturated carbocycles. The minimum absolute atomic E-state index is 0.0680. The maximum Gasteiger partial charge on any atom is 0.416 e. The summed E-state index contributed by atoms with van der Waals surface area (Å²) in [6.07, 6.45) is -8.79. The maximum atomic E-state index is 14.5. The first-order valence-electron chi connectivity index (χ1n) is 18.9. The average Bonchev–Trinajstić information content (AvgIpc) is 3.21. The van der Waals surface area contributed by atoms with Crippen molar-refractivity contribution in [1.82, 2.24) is 19.4 Å². The van der Waals surface area contributed by atoms with Crippen molar-refractivity contribution < 1.29 is 56.8 Å². The number of carbonyl (C=O) groups is 3. The van der Waals surface area contributed by atoms with Gasteiger partial charge in [-0.15, -0.1) is 0 Å². The molecule has 0 saturated heterocycles. The zero-order chi connectivity index (χ0) is 44.3. The molecule has 0 spiro atoms. The number of alkyl halides is 3. The molecule has 1 aromatic heterocycles. The molecular formula is C43H45F5N4O8. The molecule has 12 nitrogen and oxygen atoms in total. The second-order valence-electron chi connectivity index (χ2n) is 13.8. The number of aliphatic carboxylic acids is 2. The minimum Gasteiger partial charge on any atom is -0.479 e. The van der Waals surface area contributed by atoms with Crippen LogP contribution in [0, 0.1) is 18.6 Å². The molecule has 0 bridgehead atoms. The maximum absolute atomic E-state index is 14.5. The van der Waals surface area contributed by atoms with Gasteiger partial charge in [-0.05, 0) is 84.6 Å². The summed E-state index contributed by atoms with van der Waals surface area (Å²) in [5, 5.41) is 32.9. The standard InChI is InChI=1S/C39H39F5N4O2.C4H6O6/c1-4-46(5-2)21-22-47(24-27-10-12-28(13-11-27)29-14-17-31(18-15-29)39(42,43)44)36(49)25-48-34-23-26(3)9-19-32(34)38(50)45-35(48)20-16-30-7-6-8-33(40)37(30)41;5-1(3(7)8)2(6)4(9)10/h6-15,17-19,23H,4-5,16,20-22,24-25H2,1-3H3;1-2,5-6H,(H,7,8)(H,9,10)/t;1-,2-/m.1/s1. The molecule has 2 atom stereocenters. The molecule has 0 aliphatic carbocycles. The van der Waals surface area contributed by atoms with Gasteiger partial charge in [-0.3, -0.25) is 9.59 Å². The lowest BCUT2D eigenvalue weighted by Crippen LogP contribution is -2.40. The summed E-state index contributed by atoms with van der Waals surface area (Å²) >= 11 is 0. The molecule has 17 heteroatoms. The fourth-order valence-electron chi connectivity index (χ4n) is 6.25. The second-order valence-corrected chi connectivity index (χ2v) is 13.8. The van der Waals surface area contributed by atoms with Gasteiger partial charge in [0.05, 0.1) is 16.5 Å². The minimum atomic E-state index is -4.42. The van der Waals surface area contributed by atoms with Crippen LogP contribution in [-0.2, 0) is 46.5 Å². The van der Waals surface area contributed by atoms with E-state index in [0.29, 0.717) is 29.6 Å². The summed E-state index contributed by atoms with van der Waals surface area (Å²) in [6.45, 7) is 8.73. The van der Waals surface area contributed by atoms with Crippen LogP contribution >= 0.6 is 0 Å². The number of benzene rings is 4. The van der Waals surface area contributed by atoms with Crippen molar-refractivity contribution in [2.45, 2.75) is 65.1 Å². The van der Waals surface area contributed by atoms with Crippen molar-refractivity contribution >= 4 is 28.7 Å². The Morgan fingerprint density at radius 3 is 1.93 bits per heavy atom. The molecule has 4 N–H and O–H groups in total. The molecule has 1 heterocycles. The lowest BCUT2D eigenvalue weighted by Gasteiger charge is -2.28. The highest BCUT2D eigenvalue weighted by molar-refractivity contribution is 5.83. The molecule has 0 unspecified atom stereocenters. The van der Waals surface area contributed by atoms with Crippen molar-refractivity contribution in [3.05, 3.63) is 135 Å². The van der Waals surface area contributed by atoms with Crippen molar-refractivity contribution in [1.29, 1.82) is 0 Å². The number of amides is 1. The Hall–Kier alpha value is -6.04. The number of hydrogen-bond donors (Lipinski definition) is 4. The van der Waals surface area contributed by atoms with Gasteiger partial charge in [0.15, 0.2) is 23.8 Å². The third kappa shape index (κ3) is 12.2. The molecule has 0 aliphatic rings. The van der Waals surface area contributed by atoms with Gasteiger partial charge in [-0.2, -0.15) is 18.2 Å². The predicted octanol–water partition coefficient (Wildman–Crippen LogP) is 5.70. The van der Waals surface area contributed by atoms with Gasteiger partial charge in [-0.1, -0.05) is 68.4 Å². The summed E-state index contributed by atoms with van der Waals surface area (Å²) < 4.78 is 69.3. The Kier molecular flexibility index (Phi) is 16.2. The number of halogens is 5. The molecule has 5 aromatic rings. The van der Waals surface area contributed by atoms with E-state index < -0.39 is 53.1 Å². The van der Waals surface area contributed by atoms with Crippen LogP contribution in [0.3, 0.4) is 0 Å². The fourth-order valence-corrected chi connectivity index (χ4v) is 6.25. The Morgan fingerprint density at radius 1 is 0.800 bits per heavy atom. The molecular weight excluding hydrogens is 795 g/mol. The number of carbonyl (C=O) groups excluding carboxylic acids is 1. The highest BCUT2D eigenvalue weighted by Crippen LogP contribution is 2.31. The smallest absolute Gasteiger partial charge is 0.416 e. The molecule has 4 aromatic carbocycles. The Balaban J connectivity index is 0.000000703. The number of hydrogen-bond acceptors (Lipinski definition) is 8. The third-order valence-electron chi connectivity index (χ3n) is 9.77. The molecule has 60 heavy (non-hydrogen) atoms. The van der Waals surface area contributed by atoms with E-state index in [2.05, 4.69) is 9.88 Å². The van der Waals surface area contributed by atoms with Crippen molar-refractivity contribution in [3.8, 4) is 11.1 Å². The number of carboxylic acids is 2. The van der Waals surface area contributed by atoms with Crippen LogP contribution in [0.2, 0.25) is 0 Å². The van der Waals surface area contributed by atoms with Crippen LogP contribution < -0.4 is 5.56 Å². The molecule has 0 aliphatic heterocycles. The average molecular weight is 841 g/mol. The Morgan fingerprint density at radius 2 is 1.38 bits per heavy atom. The van der Waals surface area contributed by atoms with Crippen LogP contribution in [-0.4, -0.2) is 96.0 Å². The summed E-state index contributed by atoms with van der Waals surface area (Å²) in [5.74, 6) is -5.40. The molecule has 320 valence electrons. The molecule has 1 amide bonds. The Labute approximate surface area is 341 Å². The van der Waals surface area contributed by atoms with Gasteiger partial charge >= 0.3 is 18.1 Å². The Bertz CT molecular complexity index is 2310. The van der Waals surface area contributed by atoms with E-state index >= 15 is 0 Å². The SMILES string of the molecule is CCN(CC)CCN(Cc1ccc(-c2ccc(C(F)(F)F)cc2)cc1)C(=O)Cn1c(CCc2cccc(F)c2F)nc(=O)c2ccc(C)cc21.O=C(O)[C@H](O)[C@@H](O)C(=O)O. The molecule has 5 rings (SSSR count). The summed E-state index contributed by atoms with van der Waals surface area (Å²) in [4.78, 5) is 55.1. The van der Waals surface area contributed by atoms with Crippen molar-refractivity contribution in [3.63, 3.8) is 0 Å². The van der Waals surface area contributed by atoms with Gasteiger partial charge in [0, 0.05) is 26.1 Å². The second kappa shape index (κ2) is 20.8. The van der Waals surface area contributed by atoms with E-state index in [9.17, 15) is 41.1 Å². The summed E-state index contributed by atoms with van der Waals surface area (Å²) in [7, 11) is 0. The van der Waals surface area contributed by atoms with Crippen LogP contribution in [0.15, 0.2) is 89.7 Å². The fraction of sp³-hybridized carbons (Fsp3) is 0.326.